The number of carboxylic acid groups (broad SMARTS) is 1. The molecule has 0 aromatic rings. The van der Waals surface area contributed by atoms with Gasteiger partial charge in [0.2, 0.25) is 0 Å². The van der Waals surface area contributed by atoms with Gasteiger partial charge in [-0.1, -0.05) is 21.6 Å². The summed E-state index contributed by atoms with van der Waals surface area (Å²) < 4.78 is 4.78. The molecule has 0 unspecified atom stereocenters. The van der Waals surface area contributed by atoms with Crippen LogP contribution in [0.4, 0.5) is 4.79 Å². The molecule has 5 nitrogen and oxygen atoms in total. The second kappa shape index (κ2) is 7.89. The lowest BCUT2D eigenvalue weighted by Gasteiger charge is -2.21. The molecule has 0 saturated carbocycles. The molecule has 0 aromatic carbocycles. The van der Waals surface area contributed by atoms with Gasteiger partial charge in [-0.25, -0.2) is 4.79 Å². The number of hydrogen-bond donors (Lipinski definition) is 2. The summed E-state index contributed by atoms with van der Waals surface area (Å²) in [6.45, 7) is 9.71. The molecule has 0 heterocycles. The van der Waals surface area contributed by atoms with Crippen LogP contribution in [0.3, 0.4) is 0 Å². The lowest BCUT2D eigenvalue weighted by Crippen LogP contribution is -2.33. The lowest BCUT2D eigenvalue weighted by molar-refractivity contribution is -0.137. The molecule has 0 bridgehead atoms. The Bertz CT molecular complexity index is 313. The summed E-state index contributed by atoms with van der Waals surface area (Å²) in [6, 6.07) is 0. The summed E-state index contributed by atoms with van der Waals surface area (Å²) in [5, 5.41) is 11.4. The Kier molecular flexibility index (Phi) is 7.66. The molecule has 0 aliphatic carbocycles. The van der Waals surface area contributed by atoms with Crippen molar-refractivity contribution in [3.8, 4) is 0 Å². The lowest BCUT2D eigenvalue weighted by atomic mass is 10.1. The van der Waals surface area contributed by atoms with Crippen molar-refractivity contribution >= 4 is 33.7 Å². The Morgan fingerprint density at radius 3 is 2.26 bits per heavy atom. The minimum Gasteiger partial charge on any atom is -0.481 e. The maximum Gasteiger partial charge on any atom is 0.407 e. The molecule has 0 radical (unpaired) electrons. The van der Waals surface area contributed by atoms with Crippen LogP contribution in [0.5, 0.6) is 0 Å². The first-order chi connectivity index (χ1) is 8.52. The predicted octanol–water partition coefficient (Wildman–Crippen LogP) is 3.15. The molecule has 0 saturated heterocycles. The smallest absolute Gasteiger partial charge is 0.407 e. The predicted molar refractivity (Wildman–Crippen MR) is 80.6 cm³/mol. The fourth-order valence-corrected chi connectivity index (χ4v) is 3.51. The number of carbonyl (C=O) groups excluding carboxylic acids is 1. The number of hydrogen-bond acceptors (Lipinski definition) is 5. The molecule has 0 atom stereocenters. The largest absolute Gasteiger partial charge is 0.481 e. The van der Waals surface area contributed by atoms with Crippen LogP contribution < -0.4 is 5.32 Å². The van der Waals surface area contributed by atoms with E-state index in [2.05, 4.69) is 5.32 Å². The van der Waals surface area contributed by atoms with Crippen molar-refractivity contribution in [3.05, 3.63) is 0 Å². The molecular weight excluding hydrogens is 286 g/mol. The minimum absolute atomic E-state index is 0.115. The van der Waals surface area contributed by atoms with Crippen molar-refractivity contribution < 1.29 is 19.4 Å². The first-order valence-electron chi connectivity index (χ1n) is 6.01. The first kappa shape index (κ1) is 18.4. The summed E-state index contributed by atoms with van der Waals surface area (Å²) in [7, 11) is 3.06. The Labute approximate surface area is 122 Å². The Balaban J connectivity index is 3.71. The van der Waals surface area contributed by atoms with Gasteiger partial charge in [0.1, 0.15) is 5.60 Å². The maximum atomic E-state index is 11.3. The van der Waals surface area contributed by atoms with Crippen LogP contribution in [0, 0.1) is 0 Å². The monoisotopic (exact) mass is 309 g/mol. The van der Waals surface area contributed by atoms with E-state index in [1.807, 2.05) is 34.6 Å². The Morgan fingerprint density at radius 2 is 1.79 bits per heavy atom. The van der Waals surface area contributed by atoms with Gasteiger partial charge in [-0.05, 0) is 34.6 Å². The summed E-state index contributed by atoms with van der Waals surface area (Å²) in [4.78, 5) is 22.0. The number of alkyl carbamates (subject to hydrolysis) is 1. The van der Waals surface area contributed by atoms with Gasteiger partial charge >= 0.3 is 12.1 Å². The summed E-state index contributed by atoms with van der Waals surface area (Å²) in [5.41, 5.74) is -0.491. The summed E-state index contributed by atoms with van der Waals surface area (Å²) in [6.07, 6.45) is -0.313. The number of carbonyl (C=O) groups is 2. The highest BCUT2D eigenvalue weighted by molar-refractivity contribution is 8.77. The van der Waals surface area contributed by atoms with E-state index in [-0.39, 0.29) is 11.2 Å². The third-order valence-electron chi connectivity index (χ3n) is 1.72. The van der Waals surface area contributed by atoms with Crippen molar-refractivity contribution in [2.24, 2.45) is 0 Å². The number of rotatable bonds is 7. The molecule has 0 spiro atoms. The quantitative estimate of drug-likeness (QED) is 0.556. The number of nitrogens with one attached hydrogen (secondary N) is 1. The highest BCUT2D eigenvalue weighted by Crippen LogP contribution is 2.37. The van der Waals surface area contributed by atoms with Gasteiger partial charge in [-0.2, -0.15) is 0 Å². The molecule has 7 heteroatoms. The Hall–Kier alpha value is -0.560. The van der Waals surface area contributed by atoms with E-state index in [0.29, 0.717) is 12.3 Å². The van der Waals surface area contributed by atoms with Crippen molar-refractivity contribution in [1.82, 2.24) is 5.32 Å². The van der Waals surface area contributed by atoms with Crippen LogP contribution in [-0.2, 0) is 9.53 Å². The van der Waals surface area contributed by atoms with Gasteiger partial charge in [0.15, 0.2) is 0 Å². The molecule has 0 rings (SSSR count). The second-order valence-corrected chi connectivity index (χ2v) is 8.79. The fourth-order valence-electron chi connectivity index (χ4n) is 1.10. The van der Waals surface area contributed by atoms with Gasteiger partial charge in [0.05, 0.1) is 6.42 Å². The van der Waals surface area contributed by atoms with E-state index in [1.165, 1.54) is 10.8 Å². The van der Waals surface area contributed by atoms with E-state index in [4.69, 9.17) is 9.84 Å². The third-order valence-corrected chi connectivity index (χ3v) is 5.01. The van der Waals surface area contributed by atoms with Crippen LogP contribution >= 0.6 is 21.6 Å². The minimum atomic E-state index is -0.801. The van der Waals surface area contributed by atoms with Crippen molar-refractivity contribution in [1.29, 1.82) is 0 Å². The molecular formula is C12H23NO4S2. The maximum absolute atomic E-state index is 11.3. The number of carboxylic acids is 1. The van der Waals surface area contributed by atoms with Gasteiger partial charge in [-0.3, -0.25) is 4.79 Å². The SMILES string of the molecule is CC(C)(C)OC(=O)NCCSSC(C)(C)CC(=O)O. The second-order valence-electron chi connectivity index (χ2n) is 5.66. The third kappa shape index (κ3) is 12.2. The van der Waals surface area contributed by atoms with E-state index >= 15 is 0 Å². The molecule has 0 aliphatic rings. The van der Waals surface area contributed by atoms with Crippen LogP contribution in [-0.4, -0.2) is 39.8 Å². The van der Waals surface area contributed by atoms with Crippen LogP contribution in [0.2, 0.25) is 0 Å². The van der Waals surface area contributed by atoms with Crippen LogP contribution in [0.1, 0.15) is 41.0 Å². The molecule has 19 heavy (non-hydrogen) atoms. The number of aliphatic carboxylic acids is 1. The van der Waals surface area contributed by atoms with Gasteiger partial charge in [0.25, 0.3) is 0 Å². The zero-order valence-electron chi connectivity index (χ0n) is 12.1. The average molecular weight is 309 g/mol. The topological polar surface area (TPSA) is 75.6 Å². The van der Waals surface area contributed by atoms with Gasteiger partial charge in [0, 0.05) is 17.0 Å². The molecule has 0 aliphatic heterocycles. The van der Waals surface area contributed by atoms with Crippen LogP contribution in [0.15, 0.2) is 0 Å². The highest BCUT2D eigenvalue weighted by atomic mass is 33.1. The molecule has 1 amide bonds. The Morgan fingerprint density at radius 1 is 1.21 bits per heavy atom. The standard InChI is InChI=1S/C12H23NO4S2/c1-11(2,3)17-10(16)13-6-7-18-19-12(4,5)8-9(14)15/h6-8H2,1-5H3,(H,13,16)(H,14,15). The number of amides is 1. The molecule has 0 aromatic heterocycles. The average Bonchev–Trinajstić information content (AvgIpc) is 2.11. The number of ether oxygens (including phenoxy) is 1. The van der Waals surface area contributed by atoms with E-state index in [9.17, 15) is 9.59 Å². The fraction of sp³-hybridized carbons (Fsp3) is 0.833. The molecule has 112 valence electrons. The van der Waals surface area contributed by atoms with Gasteiger partial charge < -0.3 is 15.2 Å². The zero-order chi connectivity index (χ0) is 15.1. The molecule has 2 N–H and O–H groups in total. The van der Waals surface area contributed by atoms with Crippen molar-refractivity contribution in [2.45, 2.75) is 51.4 Å². The summed E-state index contributed by atoms with van der Waals surface area (Å²) >= 11 is 0. The zero-order valence-corrected chi connectivity index (χ0v) is 13.7. The molecule has 0 fully saturated rings. The van der Waals surface area contributed by atoms with E-state index in [0.717, 1.165) is 0 Å². The van der Waals surface area contributed by atoms with Gasteiger partial charge in [-0.15, -0.1) is 0 Å². The van der Waals surface area contributed by atoms with E-state index in [1.54, 1.807) is 10.8 Å². The summed E-state index contributed by atoms with van der Waals surface area (Å²) in [5.74, 6) is -0.0996. The van der Waals surface area contributed by atoms with Crippen molar-refractivity contribution in [3.63, 3.8) is 0 Å². The van der Waals surface area contributed by atoms with E-state index < -0.39 is 17.7 Å². The van der Waals surface area contributed by atoms with Crippen molar-refractivity contribution in [2.75, 3.05) is 12.3 Å². The normalized spacial score (nSPS) is 12.1. The first-order valence-corrected chi connectivity index (χ1v) is 8.33. The van der Waals surface area contributed by atoms with Crippen LogP contribution in [0.25, 0.3) is 0 Å². The highest BCUT2D eigenvalue weighted by Gasteiger charge is 2.22.